The molecule has 2 amide bonds. The number of carbonyl (C=O) groups excluding carboxylic acids is 3. The van der Waals surface area contributed by atoms with Gasteiger partial charge in [-0.15, -0.1) is 0 Å². The average Bonchev–Trinajstić information content (AvgIpc) is 3.00. The number of carbonyl (C=O) groups is 3. The zero-order chi connectivity index (χ0) is 36.9. The van der Waals surface area contributed by atoms with E-state index >= 15 is 0 Å². The van der Waals surface area contributed by atoms with Crippen LogP contribution in [0.25, 0.3) is 0 Å². The van der Waals surface area contributed by atoms with Crippen LogP contribution in [0, 0.1) is 21.7 Å². The van der Waals surface area contributed by atoms with Crippen LogP contribution in [0.1, 0.15) is 118 Å². The average molecular weight is 667 g/mol. The highest BCUT2D eigenvalue weighted by atomic mass is 16.6. The van der Waals surface area contributed by atoms with Crippen LogP contribution in [0.15, 0.2) is 48.5 Å². The molecule has 0 atom stereocenters. The van der Waals surface area contributed by atoms with Crippen molar-refractivity contribution in [3.63, 3.8) is 0 Å². The molecule has 0 bridgehead atoms. The number of amides is 2. The summed E-state index contributed by atoms with van der Waals surface area (Å²) in [5, 5.41) is 0. The summed E-state index contributed by atoms with van der Waals surface area (Å²) in [5.74, 6) is -0.0362. The minimum atomic E-state index is -0.397. The Balaban J connectivity index is 0.000000507. The molecule has 2 rings (SSSR count). The topological polar surface area (TPSA) is 76.2 Å². The van der Waals surface area contributed by atoms with Crippen molar-refractivity contribution in [2.45, 2.75) is 122 Å². The van der Waals surface area contributed by atoms with Crippen molar-refractivity contribution in [2.75, 3.05) is 27.2 Å². The van der Waals surface area contributed by atoms with Gasteiger partial charge in [-0.05, 0) is 72.6 Å². The molecule has 0 aliphatic rings. The lowest BCUT2D eigenvalue weighted by molar-refractivity contribution is -0.155. The summed E-state index contributed by atoms with van der Waals surface area (Å²) < 4.78 is 10.8. The normalized spacial score (nSPS) is 12.0. The van der Waals surface area contributed by atoms with Crippen LogP contribution in [-0.2, 0) is 45.1 Å². The maximum absolute atomic E-state index is 12.4. The molecular formula is C41H66N2O5. The minimum Gasteiger partial charge on any atom is -0.460 e. The van der Waals surface area contributed by atoms with Gasteiger partial charge in [0.2, 0.25) is 5.91 Å². The summed E-state index contributed by atoms with van der Waals surface area (Å²) >= 11 is 0. The standard InChI is InChI=1S/C23H38N2O3.C18H28O2/c1-9-23(5,6)20(26)24(7)14-15-25(8)21(27)28-17-19-12-10-18(11-13-19)16-22(2,3)4;1-7-18(5,6)16(19)20-13-15-10-8-14(9-11-15)12-17(2,3)4/h10-13H,9,14-17H2,1-8H3;8-11H,7,12-13H2,1-6H3. The van der Waals surface area contributed by atoms with Crippen LogP contribution in [0.2, 0.25) is 0 Å². The van der Waals surface area contributed by atoms with Crippen molar-refractivity contribution in [3.8, 4) is 0 Å². The van der Waals surface area contributed by atoms with Gasteiger partial charge in [0.15, 0.2) is 0 Å². The van der Waals surface area contributed by atoms with Crippen LogP contribution in [-0.4, -0.2) is 55.0 Å². The van der Waals surface area contributed by atoms with Crippen LogP contribution in [0.5, 0.6) is 0 Å². The number of benzene rings is 2. The first-order valence-electron chi connectivity index (χ1n) is 17.5. The van der Waals surface area contributed by atoms with Crippen molar-refractivity contribution in [1.29, 1.82) is 0 Å². The van der Waals surface area contributed by atoms with E-state index in [2.05, 4.69) is 65.8 Å². The van der Waals surface area contributed by atoms with Gasteiger partial charge in [0, 0.05) is 32.6 Å². The van der Waals surface area contributed by atoms with Crippen molar-refractivity contribution >= 4 is 18.0 Å². The molecule has 0 saturated carbocycles. The monoisotopic (exact) mass is 666 g/mol. The van der Waals surface area contributed by atoms with E-state index in [0.29, 0.717) is 25.1 Å². The SMILES string of the molecule is CCC(C)(C)C(=O)N(C)CCN(C)C(=O)OCc1ccc(CC(C)(C)C)cc1.CCC(C)(C)C(=O)OCc1ccc(CC(C)(C)C)cc1. The van der Waals surface area contributed by atoms with Gasteiger partial charge in [-0.1, -0.05) is 118 Å². The van der Waals surface area contributed by atoms with Gasteiger partial charge in [-0.2, -0.15) is 0 Å². The molecule has 0 aliphatic heterocycles. The molecule has 2 aromatic rings. The van der Waals surface area contributed by atoms with Crippen molar-refractivity contribution < 1.29 is 23.9 Å². The lowest BCUT2D eigenvalue weighted by Gasteiger charge is -2.29. The van der Waals surface area contributed by atoms with E-state index in [-0.39, 0.29) is 35.4 Å². The van der Waals surface area contributed by atoms with Crippen LogP contribution in [0.4, 0.5) is 4.79 Å². The number of nitrogens with zero attached hydrogens (tertiary/aromatic N) is 2. The van der Waals surface area contributed by atoms with Gasteiger partial charge in [-0.3, -0.25) is 9.59 Å². The Morgan fingerprint density at radius 2 is 0.896 bits per heavy atom. The highest BCUT2D eigenvalue weighted by Gasteiger charge is 2.29. The molecule has 0 heterocycles. The number of rotatable bonds is 13. The number of ether oxygens (including phenoxy) is 2. The smallest absolute Gasteiger partial charge is 0.409 e. The molecule has 0 N–H and O–H groups in total. The highest BCUT2D eigenvalue weighted by molar-refractivity contribution is 5.81. The van der Waals surface area contributed by atoms with E-state index in [0.717, 1.165) is 36.8 Å². The molecule has 0 saturated heterocycles. The Morgan fingerprint density at radius 1 is 0.542 bits per heavy atom. The minimum absolute atomic E-state index is 0.0899. The second kappa shape index (κ2) is 18.4. The quantitative estimate of drug-likeness (QED) is 0.199. The van der Waals surface area contributed by atoms with Crippen molar-refractivity contribution in [3.05, 3.63) is 70.8 Å². The van der Waals surface area contributed by atoms with Gasteiger partial charge in [0.1, 0.15) is 13.2 Å². The molecule has 0 aromatic heterocycles. The predicted molar refractivity (Wildman–Crippen MR) is 198 cm³/mol. The van der Waals surface area contributed by atoms with Gasteiger partial charge < -0.3 is 19.3 Å². The Kier molecular flexibility index (Phi) is 16.4. The molecule has 2 aromatic carbocycles. The fourth-order valence-electron chi connectivity index (χ4n) is 4.64. The van der Waals surface area contributed by atoms with E-state index in [9.17, 15) is 14.4 Å². The predicted octanol–water partition coefficient (Wildman–Crippen LogP) is 9.49. The summed E-state index contributed by atoms with van der Waals surface area (Å²) in [7, 11) is 3.47. The third-order valence-corrected chi connectivity index (χ3v) is 8.58. The molecule has 0 spiro atoms. The third-order valence-electron chi connectivity index (χ3n) is 8.58. The number of likely N-dealkylation sites (N-methyl/N-ethyl adjacent to an activating group) is 2. The van der Waals surface area contributed by atoms with Gasteiger partial charge in [-0.25, -0.2) is 4.79 Å². The van der Waals surface area contributed by atoms with Crippen molar-refractivity contribution in [1.82, 2.24) is 9.80 Å². The van der Waals surface area contributed by atoms with E-state index < -0.39 is 5.41 Å². The largest absolute Gasteiger partial charge is 0.460 e. The second-order valence-corrected chi connectivity index (χ2v) is 16.9. The first-order valence-corrected chi connectivity index (χ1v) is 17.5. The molecule has 0 radical (unpaired) electrons. The molecule has 270 valence electrons. The molecule has 7 heteroatoms. The Labute approximate surface area is 292 Å². The van der Waals surface area contributed by atoms with Crippen LogP contribution in [0.3, 0.4) is 0 Å². The van der Waals surface area contributed by atoms with E-state index in [1.54, 1.807) is 19.0 Å². The summed E-state index contributed by atoms with van der Waals surface area (Å²) in [6.45, 7) is 26.6. The summed E-state index contributed by atoms with van der Waals surface area (Å²) in [6.07, 6.45) is 3.25. The Hall–Kier alpha value is -3.35. The first-order chi connectivity index (χ1) is 22.0. The Morgan fingerprint density at radius 3 is 1.27 bits per heavy atom. The molecule has 0 fully saturated rings. The first kappa shape index (κ1) is 42.7. The number of hydrogen-bond acceptors (Lipinski definition) is 5. The van der Waals surface area contributed by atoms with E-state index in [1.807, 2.05) is 65.8 Å². The summed E-state index contributed by atoms with van der Waals surface area (Å²) in [6, 6.07) is 16.5. The zero-order valence-electron chi connectivity index (χ0n) is 32.7. The highest BCUT2D eigenvalue weighted by Crippen LogP contribution is 2.24. The van der Waals surface area contributed by atoms with E-state index in [4.69, 9.17) is 9.47 Å². The summed E-state index contributed by atoms with van der Waals surface area (Å²) in [4.78, 5) is 39.7. The lowest BCUT2D eigenvalue weighted by Crippen LogP contribution is -2.42. The fraction of sp³-hybridized carbons (Fsp3) is 0.634. The maximum atomic E-state index is 12.4. The molecule has 48 heavy (non-hydrogen) atoms. The zero-order valence-corrected chi connectivity index (χ0v) is 32.7. The van der Waals surface area contributed by atoms with Gasteiger partial charge in [0.25, 0.3) is 0 Å². The lowest BCUT2D eigenvalue weighted by atomic mass is 9.88. The summed E-state index contributed by atoms with van der Waals surface area (Å²) in [5.41, 5.74) is 4.37. The van der Waals surface area contributed by atoms with Crippen molar-refractivity contribution in [2.24, 2.45) is 21.7 Å². The number of hydrogen-bond donors (Lipinski definition) is 0. The van der Waals surface area contributed by atoms with E-state index in [1.165, 1.54) is 16.0 Å². The van der Waals surface area contributed by atoms with Gasteiger partial charge in [0.05, 0.1) is 5.41 Å². The third kappa shape index (κ3) is 16.2. The maximum Gasteiger partial charge on any atom is 0.409 e. The van der Waals surface area contributed by atoms with Crippen LogP contribution < -0.4 is 0 Å². The van der Waals surface area contributed by atoms with Crippen LogP contribution >= 0.6 is 0 Å². The molecular weight excluding hydrogens is 600 g/mol. The fourth-order valence-corrected chi connectivity index (χ4v) is 4.64. The molecule has 0 unspecified atom stereocenters. The number of esters is 1. The molecule has 0 aliphatic carbocycles. The van der Waals surface area contributed by atoms with Gasteiger partial charge >= 0.3 is 12.1 Å². The molecule has 7 nitrogen and oxygen atoms in total. The second-order valence-electron chi connectivity index (χ2n) is 16.9. The Bertz CT molecular complexity index is 1280.